The summed E-state index contributed by atoms with van der Waals surface area (Å²) in [6.45, 7) is 0.308. The predicted molar refractivity (Wildman–Crippen MR) is 125 cm³/mol. The molecule has 0 aromatic heterocycles. The molecule has 7 heteroatoms. The Bertz CT molecular complexity index is 1520. The highest BCUT2D eigenvalue weighted by atomic mass is 35.5. The van der Waals surface area contributed by atoms with Crippen molar-refractivity contribution in [3.8, 4) is 45.4 Å². The van der Waals surface area contributed by atoms with Crippen molar-refractivity contribution in [3.05, 3.63) is 93.6 Å². The summed E-state index contributed by atoms with van der Waals surface area (Å²) >= 11 is 6.18. The lowest BCUT2D eigenvalue weighted by Crippen LogP contribution is -2.01. The average Bonchev–Trinajstić information content (AvgIpc) is 2.80. The summed E-state index contributed by atoms with van der Waals surface area (Å²) < 4.78 is 11.6. The van der Waals surface area contributed by atoms with Crippen LogP contribution in [0.3, 0.4) is 0 Å². The molecular weight excluding hydrogens is 444 g/mol. The van der Waals surface area contributed by atoms with Crippen molar-refractivity contribution >= 4 is 22.6 Å². The van der Waals surface area contributed by atoms with E-state index in [0.717, 1.165) is 11.1 Å². The van der Waals surface area contributed by atoms with Gasteiger partial charge in [0, 0.05) is 39.2 Å². The van der Waals surface area contributed by atoms with Crippen LogP contribution in [-0.2, 0) is 6.61 Å². The molecule has 5 rings (SSSR count). The molecule has 1 heterocycles. The van der Waals surface area contributed by atoms with Crippen LogP contribution < -0.4 is 10.2 Å². The molecule has 0 amide bonds. The zero-order valence-corrected chi connectivity index (χ0v) is 17.8. The van der Waals surface area contributed by atoms with Crippen LogP contribution in [0.2, 0.25) is 5.02 Å². The minimum absolute atomic E-state index is 0.240. The largest absolute Gasteiger partial charge is 0.504 e. The van der Waals surface area contributed by atoms with Crippen LogP contribution in [0.15, 0.2) is 82.0 Å². The van der Waals surface area contributed by atoms with E-state index in [1.165, 1.54) is 24.3 Å². The Labute approximate surface area is 192 Å². The molecule has 0 spiro atoms. The van der Waals surface area contributed by atoms with Gasteiger partial charge in [0.25, 0.3) is 0 Å². The molecule has 3 aromatic rings. The molecule has 33 heavy (non-hydrogen) atoms. The Balaban J connectivity index is 1.61. The average molecular weight is 461 g/mol. The number of benzene rings is 4. The quantitative estimate of drug-likeness (QED) is 0.227. The standard InChI is InChI=1S/C26H17ClO6/c27-19-4-2-1-3-15(19)13-32-16-7-5-14(6-8-16)26-17-9-20(28)22(30)11-24(17)33-25-12-23(31)21(29)10-18(25)26/h1-12,28-30H,13H2. The molecule has 1 aliphatic heterocycles. The van der Waals surface area contributed by atoms with Crippen molar-refractivity contribution in [2.24, 2.45) is 0 Å². The van der Waals surface area contributed by atoms with E-state index in [1.54, 1.807) is 18.2 Å². The monoisotopic (exact) mass is 460 g/mol. The van der Waals surface area contributed by atoms with E-state index in [1.807, 2.05) is 30.3 Å². The van der Waals surface area contributed by atoms with Gasteiger partial charge in [0.2, 0.25) is 5.43 Å². The Hall–Kier alpha value is -4.16. The number of phenolic OH excluding ortho intramolecular Hbond substituents is 3. The van der Waals surface area contributed by atoms with Gasteiger partial charge in [-0.25, -0.2) is 0 Å². The highest BCUT2D eigenvalue weighted by Crippen LogP contribution is 2.44. The van der Waals surface area contributed by atoms with E-state index in [2.05, 4.69) is 0 Å². The molecular formula is C26H17ClO6. The molecule has 6 nitrogen and oxygen atoms in total. The van der Waals surface area contributed by atoms with E-state index in [0.29, 0.717) is 33.9 Å². The van der Waals surface area contributed by atoms with Gasteiger partial charge in [-0.1, -0.05) is 41.9 Å². The molecule has 0 unspecified atom stereocenters. The molecule has 0 atom stereocenters. The van der Waals surface area contributed by atoms with Gasteiger partial charge in [0.05, 0.1) is 0 Å². The molecule has 0 saturated heterocycles. The Kier molecular flexibility index (Phi) is 5.07. The van der Waals surface area contributed by atoms with Crippen molar-refractivity contribution in [2.45, 2.75) is 6.61 Å². The fraction of sp³-hybridized carbons (Fsp3) is 0.0385. The zero-order valence-electron chi connectivity index (χ0n) is 17.1. The third-order valence-electron chi connectivity index (χ3n) is 5.39. The maximum absolute atomic E-state index is 12.0. The van der Waals surface area contributed by atoms with E-state index in [4.69, 9.17) is 20.8 Å². The number of ether oxygens (including phenoxy) is 1. The number of hydrogen-bond donors (Lipinski definition) is 3. The summed E-state index contributed by atoms with van der Waals surface area (Å²) in [7, 11) is 0. The highest BCUT2D eigenvalue weighted by molar-refractivity contribution is 6.31. The number of hydrogen-bond acceptors (Lipinski definition) is 6. The minimum Gasteiger partial charge on any atom is -0.504 e. The van der Waals surface area contributed by atoms with Gasteiger partial charge in [-0.05, 0) is 35.9 Å². The maximum Gasteiger partial charge on any atom is 0.223 e. The third kappa shape index (κ3) is 3.81. The van der Waals surface area contributed by atoms with Gasteiger partial charge >= 0.3 is 0 Å². The Morgan fingerprint density at radius 1 is 0.848 bits per heavy atom. The van der Waals surface area contributed by atoms with Crippen molar-refractivity contribution in [1.29, 1.82) is 0 Å². The molecule has 3 N–H and O–H groups in total. The molecule has 0 bridgehead atoms. The highest BCUT2D eigenvalue weighted by Gasteiger charge is 2.20. The molecule has 1 aliphatic carbocycles. The summed E-state index contributed by atoms with van der Waals surface area (Å²) in [5.41, 5.74) is 2.39. The van der Waals surface area contributed by atoms with E-state index >= 15 is 0 Å². The van der Waals surface area contributed by atoms with E-state index in [9.17, 15) is 20.1 Å². The summed E-state index contributed by atoms with van der Waals surface area (Å²) in [6.07, 6.45) is 0. The van der Waals surface area contributed by atoms with Crippen molar-refractivity contribution < 1.29 is 24.5 Å². The molecule has 0 saturated carbocycles. The fourth-order valence-corrected chi connectivity index (χ4v) is 3.93. The second kappa shape index (κ2) is 8.07. The topological polar surface area (TPSA) is 100 Å². The zero-order chi connectivity index (χ0) is 23.1. The SMILES string of the molecule is O=c1cc2oc3cc(O)c(O)cc3c(-c3ccc(OCc4ccccc4Cl)cc3)c-2cc1O. The molecule has 2 aliphatic rings. The van der Waals surface area contributed by atoms with Crippen LogP contribution >= 0.6 is 11.6 Å². The van der Waals surface area contributed by atoms with Crippen LogP contribution in [0.4, 0.5) is 0 Å². The lowest BCUT2D eigenvalue weighted by atomic mass is 9.93. The minimum atomic E-state index is -0.581. The number of fused-ring (bicyclic) bond motifs is 2. The van der Waals surface area contributed by atoms with Crippen LogP contribution in [-0.4, -0.2) is 15.3 Å². The van der Waals surface area contributed by atoms with Gasteiger partial charge in [-0.15, -0.1) is 0 Å². The van der Waals surface area contributed by atoms with Gasteiger partial charge in [0.1, 0.15) is 23.7 Å². The molecule has 164 valence electrons. The predicted octanol–water partition coefficient (Wildman–Crippen LogP) is 5.91. The van der Waals surface area contributed by atoms with Gasteiger partial charge < -0.3 is 24.5 Å². The van der Waals surface area contributed by atoms with Gasteiger partial charge in [-0.2, -0.15) is 0 Å². The summed E-state index contributed by atoms with van der Waals surface area (Å²) in [5, 5.41) is 31.2. The third-order valence-corrected chi connectivity index (χ3v) is 5.76. The maximum atomic E-state index is 12.0. The summed E-state index contributed by atoms with van der Waals surface area (Å²) in [4.78, 5) is 12.0. The van der Waals surface area contributed by atoms with Crippen molar-refractivity contribution in [3.63, 3.8) is 0 Å². The van der Waals surface area contributed by atoms with Crippen LogP contribution in [0, 0.1) is 0 Å². The second-order valence-electron chi connectivity index (χ2n) is 7.53. The molecule has 3 aromatic carbocycles. The number of rotatable bonds is 4. The van der Waals surface area contributed by atoms with Gasteiger partial charge in [-0.3, -0.25) is 4.79 Å². The first-order valence-electron chi connectivity index (χ1n) is 10.0. The normalized spacial score (nSPS) is 11.2. The van der Waals surface area contributed by atoms with Crippen molar-refractivity contribution in [1.82, 2.24) is 0 Å². The lowest BCUT2D eigenvalue weighted by Gasteiger charge is -2.16. The first-order chi connectivity index (χ1) is 15.9. The molecule has 0 radical (unpaired) electrons. The van der Waals surface area contributed by atoms with Crippen LogP contribution in [0.1, 0.15) is 5.56 Å². The van der Waals surface area contributed by atoms with Crippen molar-refractivity contribution in [2.75, 3.05) is 0 Å². The van der Waals surface area contributed by atoms with E-state index < -0.39 is 11.2 Å². The van der Waals surface area contributed by atoms with E-state index in [-0.39, 0.29) is 22.8 Å². The number of phenols is 3. The second-order valence-corrected chi connectivity index (χ2v) is 7.94. The van der Waals surface area contributed by atoms with Crippen LogP contribution in [0.25, 0.3) is 33.4 Å². The summed E-state index contributed by atoms with van der Waals surface area (Å²) in [6, 6.07) is 19.8. The molecule has 0 fully saturated rings. The first kappa shape index (κ1) is 20.7. The first-order valence-corrected chi connectivity index (χ1v) is 10.4. The Morgan fingerprint density at radius 3 is 2.33 bits per heavy atom. The smallest absolute Gasteiger partial charge is 0.223 e. The number of halogens is 1. The number of aromatic hydroxyl groups is 3. The van der Waals surface area contributed by atoms with Crippen LogP contribution in [0.5, 0.6) is 23.0 Å². The van der Waals surface area contributed by atoms with Gasteiger partial charge in [0.15, 0.2) is 17.2 Å². The Morgan fingerprint density at radius 2 is 1.58 bits per heavy atom. The summed E-state index contributed by atoms with van der Waals surface area (Å²) in [5.74, 6) is -0.216. The fourth-order valence-electron chi connectivity index (χ4n) is 3.74. The lowest BCUT2D eigenvalue weighted by molar-refractivity contribution is 0.306.